The van der Waals surface area contributed by atoms with Crippen molar-refractivity contribution in [2.24, 2.45) is 11.8 Å². The first-order chi connectivity index (χ1) is 12.9. The highest BCUT2D eigenvalue weighted by atomic mass is 16.5. The summed E-state index contributed by atoms with van der Waals surface area (Å²) >= 11 is 0. The smallest absolute Gasteiger partial charge is 0.232 e. The van der Waals surface area contributed by atoms with E-state index in [1.165, 1.54) is 12.8 Å². The molecule has 2 fully saturated rings. The number of hydrogen-bond acceptors (Lipinski definition) is 3. The summed E-state index contributed by atoms with van der Waals surface area (Å²) in [5.41, 5.74) is 0.545. The maximum atomic E-state index is 13.2. The van der Waals surface area contributed by atoms with Crippen LogP contribution in [0.3, 0.4) is 0 Å². The lowest BCUT2D eigenvalue weighted by molar-refractivity contribution is -0.137. The average Bonchev–Trinajstić information content (AvgIpc) is 3.49. The highest BCUT2D eigenvalue weighted by Crippen LogP contribution is 2.30. The van der Waals surface area contributed by atoms with Gasteiger partial charge in [-0.1, -0.05) is 26.0 Å². The first-order valence-electron chi connectivity index (χ1n) is 10.6. The Balaban J connectivity index is 1.53. The number of nitrogens with zero attached hydrogens (tertiary/aromatic N) is 1. The van der Waals surface area contributed by atoms with E-state index >= 15 is 0 Å². The van der Waals surface area contributed by atoms with Crippen molar-refractivity contribution in [3.05, 3.63) is 29.8 Å². The Morgan fingerprint density at radius 3 is 2.33 bits per heavy atom. The molecule has 3 rings (SSSR count). The van der Waals surface area contributed by atoms with Crippen LogP contribution in [-0.2, 0) is 10.2 Å². The number of hydrogen-bond donors (Lipinski definition) is 1. The lowest BCUT2D eigenvalue weighted by atomic mass is 9.82. The van der Waals surface area contributed by atoms with Crippen molar-refractivity contribution in [1.29, 1.82) is 0 Å². The molecule has 4 heteroatoms. The molecule has 2 aliphatic rings. The van der Waals surface area contributed by atoms with Gasteiger partial charge in [0, 0.05) is 19.1 Å². The van der Waals surface area contributed by atoms with E-state index in [1.807, 2.05) is 38.1 Å². The maximum Gasteiger partial charge on any atom is 0.232 e. The Hall–Kier alpha value is -1.55. The van der Waals surface area contributed by atoms with E-state index in [0.717, 1.165) is 49.7 Å². The zero-order valence-electron chi connectivity index (χ0n) is 17.5. The highest BCUT2D eigenvalue weighted by Gasteiger charge is 2.35. The number of nitrogens with one attached hydrogen (secondary N) is 1. The number of likely N-dealkylation sites (tertiary alicyclic amines) is 1. The molecule has 0 spiro atoms. The molecular formula is C23H36N2O2. The number of carbonyl (C=O) groups is 1. The second-order valence-electron chi connectivity index (χ2n) is 9.27. The van der Waals surface area contributed by atoms with Crippen LogP contribution in [0.15, 0.2) is 24.3 Å². The minimum Gasteiger partial charge on any atom is -0.493 e. The summed E-state index contributed by atoms with van der Waals surface area (Å²) in [4.78, 5) is 15.2. The number of rotatable bonds is 8. The molecule has 1 N–H and O–H groups in total. The van der Waals surface area contributed by atoms with Gasteiger partial charge in [-0.05, 0) is 75.6 Å². The molecule has 0 unspecified atom stereocenters. The summed E-state index contributed by atoms with van der Waals surface area (Å²) in [7, 11) is 0. The minimum absolute atomic E-state index is 0.235. The zero-order chi connectivity index (χ0) is 19.4. The Bertz CT molecular complexity index is 612. The largest absolute Gasteiger partial charge is 0.493 e. The lowest BCUT2D eigenvalue weighted by Gasteiger charge is -2.37. The molecule has 0 aromatic heterocycles. The Morgan fingerprint density at radius 1 is 1.15 bits per heavy atom. The van der Waals surface area contributed by atoms with Crippen molar-refractivity contribution < 1.29 is 9.53 Å². The van der Waals surface area contributed by atoms with Crippen LogP contribution in [0.4, 0.5) is 0 Å². The molecular weight excluding hydrogens is 336 g/mol. The summed E-state index contributed by atoms with van der Waals surface area (Å²) in [6.07, 6.45) is 4.91. The Kier molecular flexibility index (Phi) is 6.46. The molecule has 1 aliphatic heterocycles. The molecule has 1 aliphatic carbocycles. The quantitative estimate of drug-likeness (QED) is 0.750. The number of benzene rings is 1. The zero-order valence-corrected chi connectivity index (χ0v) is 17.5. The summed E-state index contributed by atoms with van der Waals surface area (Å²) in [5, 5.41) is 3.69. The molecule has 1 saturated heterocycles. The summed E-state index contributed by atoms with van der Waals surface area (Å²) in [6.45, 7) is 12.0. The fourth-order valence-electron chi connectivity index (χ4n) is 3.69. The average molecular weight is 373 g/mol. The van der Waals surface area contributed by atoms with Crippen molar-refractivity contribution in [1.82, 2.24) is 10.2 Å². The predicted octanol–water partition coefficient (Wildman–Crippen LogP) is 3.99. The van der Waals surface area contributed by atoms with Gasteiger partial charge in [0.2, 0.25) is 5.91 Å². The molecule has 0 radical (unpaired) electrons. The van der Waals surface area contributed by atoms with Crippen molar-refractivity contribution in [3.8, 4) is 5.75 Å². The second-order valence-corrected chi connectivity index (χ2v) is 9.27. The second kappa shape index (κ2) is 8.64. The molecule has 1 heterocycles. The number of ether oxygens (including phenoxy) is 1. The van der Waals surface area contributed by atoms with Crippen LogP contribution in [-0.4, -0.2) is 43.1 Å². The van der Waals surface area contributed by atoms with E-state index in [1.54, 1.807) is 0 Å². The highest BCUT2D eigenvalue weighted by molar-refractivity contribution is 5.87. The molecule has 27 heavy (non-hydrogen) atoms. The Labute approximate surface area is 164 Å². The lowest BCUT2D eigenvalue weighted by Crippen LogP contribution is -2.50. The summed E-state index contributed by atoms with van der Waals surface area (Å²) < 4.78 is 5.77. The van der Waals surface area contributed by atoms with Gasteiger partial charge in [-0.3, -0.25) is 4.79 Å². The fourth-order valence-corrected chi connectivity index (χ4v) is 3.69. The van der Waals surface area contributed by atoms with E-state index in [9.17, 15) is 4.79 Å². The maximum absolute atomic E-state index is 13.2. The number of piperidine rings is 1. The van der Waals surface area contributed by atoms with Gasteiger partial charge in [0.1, 0.15) is 5.75 Å². The molecule has 0 bridgehead atoms. The monoisotopic (exact) mass is 372 g/mol. The van der Waals surface area contributed by atoms with E-state index in [-0.39, 0.29) is 5.91 Å². The van der Waals surface area contributed by atoms with Crippen molar-refractivity contribution in [3.63, 3.8) is 0 Å². The van der Waals surface area contributed by atoms with Gasteiger partial charge < -0.3 is 15.0 Å². The number of amides is 1. The van der Waals surface area contributed by atoms with E-state index in [0.29, 0.717) is 18.6 Å². The fraction of sp³-hybridized carbons (Fsp3) is 0.696. The van der Waals surface area contributed by atoms with E-state index in [4.69, 9.17) is 4.74 Å². The molecule has 0 atom stereocenters. The molecule has 1 aromatic carbocycles. The topological polar surface area (TPSA) is 41.6 Å². The first kappa shape index (κ1) is 20.2. The van der Waals surface area contributed by atoms with Gasteiger partial charge >= 0.3 is 0 Å². The molecule has 1 aromatic rings. The third-order valence-electron chi connectivity index (χ3n) is 5.87. The van der Waals surface area contributed by atoms with Crippen LogP contribution >= 0.6 is 0 Å². The Morgan fingerprint density at radius 2 is 1.78 bits per heavy atom. The minimum atomic E-state index is -0.509. The van der Waals surface area contributed by atoms with Gasteiger partial charge in [-0.2, -0.15) is 0 Å². The van der Waals surface area contributed by atoms with Gasteiger partial charge in [-0.15, -0.1) is 0 Å². The van der Waals surface area contributed by atoms with Gasteiger partial charge in [-0.25, -0.2) is 0 Å². The molecule has 1 amide bonds. The summed E-state index contributed by atoms with van der Waals surface area (Å²) in [6, 6.07) is 8.63. The van der Waals surface area contributed by atoms with Crippen LogP contribution < -0.4 is 10.1 Å². The van der Waals surface area contributed by atoms with Crippen LogP contribution in [0.2, 0.25) is 0 Å². The van der Waals surface area contributed by atoms with Gasteiger partial charge in [0.15, 0.2) is 0 Å². The standard InChI is InChI=1S/C23H36N2O2/c1-17(2)16-27-21-9-7-19(8-10-21)23(3,4)22(26)25-13-11-20(12-14-25)24-15-18-5-6-18/h7-10,17-18,20,24H,5-6,11-16H2,1-4H3. The number of carbonyl (C=O) groups excluding carboxylic acids is 1. The van der Waals surface area contributed by atoms with Gasteiger partial charge in [0.25, 0.3) is 0 Å². The van der Waals surface area contributed by atoms with Crippen LogP contribution in [0.5, 0.6) is 5.75 Å². The summed E-state index contributed by atoms with van der Waals surface area (Å²) in [5.74, 6) is 2.53. The first-order valence-corrected chi connectivity index (χ1v) is 10.6. The molecule has 4 nitrogen and oxygen atoms in total. The van der Waals surface area contributed by atoms with Crippen molar-refractivity contribution in [2.45, 2.75) is 64.8 Å². The molecule has 1 saturated carbocycles. The normalized spacial score (nSPS) is 18.8. The third kappa shape index (κ3) is 5.47. The van der Waals surface area contributed by atoms with Crippen LogP contribution in [0.25, 0.3) is 0 Å². The third-order valence-corrected chi connectivity index (χ3v) is 5.87. The SMILES string of the molecule is CC(C)COc1ccc(C(C)(C)C(=O)N2CCC(NCC3CC3)CC2)cc1. The van der Waals surface area contributed by atoms with Gasteiger partial charge in [0.05, 0.1) is 12.0 Å². The molecule has 150 valence electrons. The van der Waals surface area contributed by atoms with Crippen molar-refractivity contribution in [2.75, 3.05) is 26.2 Å². The van der Waals surface area contributed by atoms with E-state index < -0.39 is 5.41 Å². The van der Waals surface area contributed by atoms with Crippen LogP contribution in [0, 0.1) is 11.8 Å². The van der Waals surface area contributed by atoms with Crippen molar-refractivity contribution >= 4 is 5.91 Å². The van der Waals surface area contributed by atoms with Crippen LogP contribution in [0.1, 0.15) is 58.9 Å². The van der Waals surface area contributed by atoms with E-state index in [2.05, 4.69) is 24.1 Å². The predicted molar refractivity (Wildman–Crippen MR) is 110 cm³/mol.